The number of fused-ring (bicyclic) bond motifs is 2. The number of rotatable bonds is 6. The number of carbonyl (C=O) groups is 2. The number of Topliss-reactive ketones (excluding diaryl/α,β-unsaturated/α-hetero) is 1. The summed E-state index contributed by atoms with van der Waals surface area (Å²) in [6.45, 7) is 0.326. The van der Waals surface area contributed by atoms with Crippen LogP contribution in [0.1, 0.15) is 29.6 Å². The Morgan fingerprint density at radius 1 is 1.23 bits per heavy atom. The van der Waals surface area contributed by atoms with Gasteiger partial charge in [-0.25, -0.2) is 12.8 Å². The normalized spacial score (nSPS) is 23.8. The van der Waals surface area contributed by atoms with Crippen LogP contribution in [0.5, 0.6) is 0 Å². The molecule has 13 heteroatoms. The van der Waals surface area contributed by atoms with Gasteiger partial charge in [-0.3, -0.25) is 18.9 Å². The standard InChI is InChI=1S/C22H22FN4O6PS/c1-35(32,33)26-14-5-6-16-18(11-14)34(30,31)25-21(24-16)19-20(28)15-10-13(23)4-7-17(15)27(22(19)29)9-8-12-2-3-12/h4-7,10-12,19,26H,2-3,8-9H2,1H3,(H2,24,25,30,31). The van der Waals surface area contributed by atoms with Crippen LogP contribution >= 0.6 is 7.52 Å². The number of amidine groups is 1. The van der Waals surface area contributed by atoms with Crippen LogP contribution in [0.3, 0.4) is 0 Å². The number of ketones is 1. The van der Waals surface area contributed by atoms with Gasteiger partial charge < -0.3 is 15.1 Å². The van der Waals surface area contributed by atoms with Crippen molar-refractivity contribution in [2.75, 3.05) is 27.7 Å². The molecule has 0 saturated heterocycles. The van der Waals surface area contributed by atoms with E-state index in [1.165, 1.54) is 35.2 Å². The minimum absolute atomic E-state index is 0.00108. The summed E-state index contributed by atoms with van der Waals surface area (Å²) in [5.41, 5.74) is 0.469. The largest absolute Gasteiger partial charge is 0.345 e. The zero-order chi connectivity index (χ0) is 25.1. The predicted octanol–water partition coefficient (Wildman–Crippen LogP) is 2.48. The number of sulfonamides is 1. The zero-order valence-corrected chi connectivity index (χ0v) is 20.3. The van der Waals surface area contributed by atoms with E-state index in [-0.39, 0.29) is 28.1 Å². The van der Waals surface area contributed by atoms with Gasteiger partial charge in [0.15, 0.2) is 11.7 Å². The van der Waals surface area contributed by atoms with E-state index in [0.717, 1.165) is 31.6 Å². The van der Waals surface area contributed by atoms with Gasteiger partial charge in [-0.15, -0.1) is 0 Å². The molecule has 35 heavy (non-hydrogen) atoms. The molecular formula is C22H22FN4O6PS. The second kappa shape index (κ2) is 8.25. The second-order valence-corrected chi connectivity index (χ2v) is 12.5. The summed E-state index contributed by atoms with van der Waals surface area (Å²) >= 11 is 0. The van der Waals surface area contributed by atoms with Crippen LogP contribution in [0.4, 0.5) is 21.5 Å². The highest BCUT2D eigenvalue weighted by Gasteiger charge is 2.46. The summed E-state index contributed by atoms with van der Waals surface area (Å²) in [6.07, 6.45) is 3.79. The Kier molecular flexibility index (Phi) is 5.58. The first-order valence-corrected chi connectivity index (χ1v) is 14.4. The average molecular weight is 520 g/mol. The summed E-state index contributed by atoms with van der Waals surface area (Å²) in [5, 5.41) is 2.62. The van der Waals surface area contributed by atoms with Gasteiger partial charge >= 0.3 is 7.52 Å². The van der Waals surface area contributed by atoms with E-state index >= 15 is 0 Å². The van der Waals surface area contributed by atoms with Crippen molar-refractivity contribution in [3.8, 4) is 0 Å². The second-order valence-electron chi connectivity index (χ2n) is 8.94. The number of anilines is 3. The fraction of sp³-hybridized carbons (Fsp3) is 0.318. The highest BCUT2D eigenvalue weighted by molar-refractivity contribution is 7.92. The summed E-state index contributed by atoms with van der Waals surface area (Å²) in [6, 6.07) is 7.52. The molecular weight excluding hydrogens is 498 g/mol. The maximum atomic E-state index is 14.0. The highest BCUT2D eigenvalue weighted by Crippen LogP contribution is 2.48. The van der Waals surface area contributed by atoms with Crippen LogP contribution in [0.2, 0.25) is 0 Å². The van der Waals surface area contributed by atoms with E-state index in [1.54, 1.807) is 0 Å². The molecule has 0 spiro atoms. The molecule has 2 heterocycles. The van der Waals surface area contributed by atoms with Gasteiger partial charge in [0.05, 0.1) is 22.9 Å². The lowest BCUT2D eigenvalue weighted by Crippen LogP contribution is -2.50. The number of carbonyl (C=O) groups excluding carboxylic acids is 2. The van der Waals surface area contributed by atoms with Gasteiger partial charge in [0.25, 0.3) is 0 Å². The molecule has 2 unspecified atom stereocenters. The summed E-state index contributed by atoms with van der Waals surface area (Å²) < 4.78 is 56.2. The van der Waals surface area contributed by atoms with Crippen molar-refractivity contribution in [1.82, 2.24) is 0 Å². The van der Waals surface area contributed by atoms with Gasteiger partial charge in [-0.05, 0) is 48.7 Å². The minimum Gasteiger partial charge on any atom is -0.342 e. The van der Waals surface area contributed by atoms with E-state index in [4.69, 9.17) is 0 Å². The van der Waals surface area contributed by atoms with Crippen molar-refractivity contribution in [3.05, 3.63) is 47.8 Å². The zero-order valence-electron chi connectivity index (χ0n) is 18.6. The summed E-state index contributed by atoms with van der Waals surface area (Å²) in [7, 11) is -8.12. The van der Waals surface area contributed by atoms with Gasteiger partial charge in [-0.2, -0.15) is 4.76 Å². The van der Waals surface area contributed by atoms with Crippen molar-refractivity contribution in [2.24, 2.45) is 16.6 Å². The lowest BCUT2D eigenvalue weighted by atomic mass is 9.88. The van der Waals surface area contributed by atoms with Crippen LogP contribution < -0.4 is 20.2 Å². The summed E-state index contributed by atoms with van der Waals surface area (Å²) in [4.78, 5) is 38.9. The topological polar surface area (TPSA) is 145 Å². The lowest BCUT2D eigenvalue weighted by Gasteiger charge is -2.35. The third-order valence-electron chi connectivity index (χ3n) is 6.14. The number of hydrogen-bond acceptors (Lipinski definition) is 6. The molecule has 5 rings (SSSR count). The molecule has 1 amide bonds. The van der Waals surface area contributed by atoms with Crippen LogP contribution in [0.25, 0.3) is 0 Å². The fourth-order valence-corrected chi connectivity index (χ4v) is 6.19. The van der Waals surface area contributed by atoms with Crippen molar-refractivity contribution in [2.45, 2.75) is 19.3 Å². The fourth-order valence-electron chi connectivity index (χ4n) is 4.32. The Labute approximate surface area is 200 Å². The molecule has 1 saturated carbocycles. The van der Waals surface area contributed by atoms with E-state index < -0.39 is 41.0 Å². The lowest BCUT2D eigenvalue weighted by molar-refractivity contribution is -0.119. The van der Waals surface area contributed by atoms with E-state index in [0.29, 0.717) is 18.2 Å². The Bertz CT molecular complexity index is 1460. The molecule has 1 aliphatic carbocycles. The highest BCUT2D eigenvalue weighted by atomic mass is 32.2. The maximum Gasteiger partial charge on any atom is 0.345 e. The first-order valence-electron chi connectivity index (χ1n) is 10.9. The van der Waals surface area contributed by atoms with E-state index in [2.05, 4.69) is 14.8 Å². The Morgan fingerprint density at radius 3 is 2.66 bits per heavy atom. The van der Waals surface area contributed by atoms with Gasteiger partial charge in [-0.1, -0.05) is 12.8 Å². The third-order valence-corrected chi connectivity index (χ3v) is 8.23. The number of halogens is 1. The van der Waals surface area contributed by atoms with Crippen LogP contribution in [0.15, 0.2) is 41.2 Å². The molecule has 2 atom stereocenters. The van der Waals surface area contributed by atoms with E-state index in [9.17, 15) is 31.9 Å². The van der Waals surface area contributed by atoms with Crippen molar-refractivity contribution in [1.29, 1.82) is 0 Å². The Hall–Kier alpha value is -3.08. The number of hydrogen-bond donors (Lipinski definition) is 3. The van der Waals surface area contributed by atoms with Crippen molar-refractivity contribution < 1.29 is 31.9 Å². The maximum absolute atomic E-state index is 14.0. The average Bonchev–Trinajstić information content (AvgIpc) is 3.57. The van der Waals surface area contributed by atoms with Crippen LogP contribution in [-0.2, 0) is 19.4 Å². The Balaban J connectivity index is 1.53. The molecule has 3 N–H and O–H groups in total. The number of nitrogens with zero attached hydrogens (tertiary/aromatic N) is 2. The molecule has 2 aromatic carbocycles. The molecule has 3 aliphatic rings. The predicted molar refractivity (Wildman–Crippen MR) is 129 cm³/mol. The first kappa shape index (κ1) is 23.7. The van der Waals surface area contributed by atoms with E-state index in [1.807, 2.05) is 0 Å². The number of benzene rings is 2. The number of amides is 1. The molecule has 184 valence electrons. The molecule has 2 aliphatic heterocycles. The minimum atomic E-state index is -4.49. The third kappa shape index (κ3) is 4.61. The summed E-state index contributed by atoms with van der Waals surface area (Å²) in [5.74, 6) is -3.35. The SMILES string of the molecule is CS(=O)(=O)Nc1ccc2c(c1)P(=O)(O)N=C(C1C(=O)c3cc(F)ccc3N(CCC3CC3)C1=O)N2. The van der Waals surface area contributed by atoms with Crippen molar-refractivity contribution in [3.63, 3.8) is 0 Å². The van der Waals surface area contributed by atoms with Gasteiger partial charge in [0.1, 0.15) is 11.7 Å². The monoisotopic (exact) mass is 520 g/mol. The smallest absolute Gasteiger partial charge is 0.342 e. The quantitative estimate of drug-likeness (QED) is 0.392. The van der Waals surface area contributed by atoms with Crippen LogP contribution in [-0.4, -0.2) is 43.6 Å². The van der Waals surface area contributed by atoms with Crippen molar-refractivity contribution >= 4 is 57.4 Å². The first-order chi connectivity index (χ1) is 16.4. The molecule has 10 nitrogen and oxygen atoms in total. The molecule has 1 fully saturated rings. The molecule has 2 aromatic rings. The van der Waals surface area contributed by atoms with Crippen LogP contribution in [0, 0.1) is 17.7 Å². The van der Waals surface area contributed by atoms with Gasteiger partial charge in [0.2, 0.25) is 15.9 Å². The molecule has 0 radical (unpaired) electrons. The van der Waals surface area contributed by atoms with Gasteiger partial charge in [0, 0.05) is 17.8 Å². The number of nitrogens with one attached hydrogen (secondary N) is 2. The Morgan fingerprint density at radius 2 is 1.97 bits per heavy atom. The molecule has 0 bridgehead atoms. The molecule has 0 aromatic heterocycles.